The third-order valence-corrected chi connectivity index (χ3v) is 3.22. The van der Waals surface area contributed by atoms with Crippen molar-refractivity contribution in [1.82, 2.24) is 9.97 Å². The van der Waals surface area contributed by atoms with Gasteiger partial charge in [-0.1, -0.05) is 36.4 Å². The van der Waals surface area contributed by atoms with Gasteiger partial charge in [0.15, 0.2) is 0 Å². The Balaban J connectivity index is 0. The molecule has 5 nitrogen and oxygen atoms in total. The number of nitrogens with zero attached hydrogens (tertiary/aromatic N) is 2. The normalized spacial score (nSPS) is 8.44. The number of pyridine rings is 2. The summed E-state index contributed by atoms with van der Waals surface area (Å²) < 4.78 is 8.26. The molecule has 0 saturated heterocycles. The van der Waals surface area contributed by atoms with E-state index < -0.39 is 0 Å². The second-order valence-electron chi connectivity index (χ2n) is 4.70. The van der Waals surface area contributed by atoms with Crippen LogP contribution in [0.25, 0.3) is 21.8 Å². The van der Waals surface area contributed by atoms with Gasteiger partial charge in [-0.25, -0.2) is 0 Å². The number of rotatable bonds is 0. The van der Waals surface area contributed by atoms with Crippen LogP contribution in [0.3, 0.4) is 0 Å². The fourth-order valence-electron chi connectivity index (χ4n) is 2.18. The zero-order valence-corrected chi connectivity index (χ0v) is 18.2. The molecule has 0 fully saturated rings. The summed E-state index contributed by atoms with van der Waals surface area (Å²) in [4.78, 5) is 8.06. The standard InChI is InChI=1S/2C9H7NO.3ClH.Mo.O/c2*11-8-5-1-3-7-4-2-6-10-9(7)8;;;;;/h2*1-6,11H;3*1H;;. The topological polar surface area (TPSA) is 83.3 Å². The Hall–Kier alpha value is -1.78. The van der Waals surface area contributed by atoms with Gasteiger partial charge < -0.3 is 10.2 Å². The first-order valence-corrected chi connectivity index (χ1v) is 7.80. The van der Waals surface area contributed by atoms with Crippen LogP contribution < -0.4 is 0 Å². The molecule has 0 amide bonds. The predicted octanol–water partition coefficient (Wildman–Crippen LogP) is 5.02. The summed E-state index contributed by atoms with van der Waals surface area (Å²) >= 11 is 0.700. The quantitative estimate of drug-likeness (QED) is 0.324. The Morgan fingerprint density at radius 1 is 0.593 bits per heavy atom. The van der Waals surface area contributed by atoms with E-state index in [4.69, 9.17) is 3.40 Å². The van der Waals surface area contributed by atoms with Crippen molar-refractivity contribution in [2.45, 2.75) is 0 Å². The molecule has 0 radical (unpaired) electrons. The van der Waals surface area contributed by atoms with Gasteiger partial charge >= 0.3 is 23.2 Å². The molecule has 0 spiro atoms. The average molecular weight is 512 g/mol. The number of phenolic OH excluding ortho intramolecular Hbond substituents is 2. The number of fused-ring (bicyclic) bond motifs is 2. The summed E-state index contributed by atoms with van der Waals surface area (Å²) in [5.41, 5.74) is 1.32. The van der Waals surface area contributed by atoms with Crippen LogP contribution in [0, 0.1) is 0 Å². The van der Waals surface area contributed by atoms with E-state index >= 15 is 0 Å². The second kappa shape index (κ2) is 14.3. The van der Waals surface area contributed by atoms with Crippen LogP contribution in [0.5, 0.6) is 11.5 Å². The Kier molecular flexibility index (Phi) is 14.5. The Labute approximate surface area is 186 Å². The Morgan fingerprint density at radius 2 is 0.926 bits per heavy atom. The first kappa shape index (κ1) is 27.4. The number of aromatic hydroxyl groups is 2. The maximum atomic E-state index is 9.31. The van der Waals surface area contributed by atoms with Gasteiger partial charge in [0.25, 0.3) is 0 Å². The molecular weight excluding hydrogens is 495 g/mol. The molecule has 27 heavy (non-hydrogen) atoms. The van der Waals surface area contributed by atoms with Crippen LogP contribution in [0.2, 0.25) is 0 Å². The number of hydrogen-bond acceptors (Lipinski definition) is 5. The number of halogens is 3. The van der Waals surface area contributed by atoms with Crippen LogP contribution in [-0.2, 0) is 23.2 Å². The van der Waals surface area contributed by atoms with Crippen LogP contribution in [0.15, 0.2) is 73.1 Å². The van der Waals surface area contributed by atoms with Gasteiger partial charge in [-0.15, -0.1) is 37.2 Å². The van der Waals surface area contributed by atoms with Crippen LogP contribution in [0.4, 0.5) is 0 Å². The van der Waals surface area contributed by atoms with E-state index in [1.54, 1.807) is 36.7 Å². The van der Waals surface area contributed by atoms with Crippen molar-refractivity contribution in [3.63, 3.8) is 0 Å². The minimum absolute atomic E-state index is 0. The van der Waals surface area contributed by atoms with Gasteiger partial charge in [0.2, 0.25) is 0 Å². The van der Waals surface area contributed by atoms with Gasteiger partial charge in [-0.3, -0.25) is 9.97 Å². The number of benzene rings is 2. The van der Waals surface area contributed by atoms with E-state index in [-0.39, 0.29) is 48.7 Å². The van der Waals surface area contributed by atoms with E-state index in [1.165, 1.54) is 0 Å². The Morgan fingerprint density at radius 3 is 1.26 bits per heavy atom. The van der Waals surface area contributed by atoms with Crippen molar-refractivity contribution in [2.75, 3.05) is 0 Å². The van der Waals surface area contributed by atoms with Gasteiger partial charge in [0.05, 0.1) is 0 Å². The van der Waals surface area contributed by atoms with Crippen LogP contribution in [-0.4, -0.2) is 20.2 Å². The molecule has 2 heterocycles. The molecule has 0 aliphatic rings. The zero-order valence-electron chi connectivity index (χ0n) is 13.8. The van der Waals surface area contributed by atoms with E-state index in [2.05, 4.69) is 9.97 Å². The van der Waals surface area contributed by atoms with Crippen molar-refractivity contribution in [1.29, 1.82) is 0 Å². The summed E-state index contributed by atoms with van der Waals surface area (Å²) in [6.45, 7) is 0. The van der Waals surface area contributed by atoms with Crippen molar-refractivity contribution < 1.29 is 33.4 Å². The van der Waals surface area contributed by atoms with Crippen LogP contribution in [0.1, 0.15) is 0 Å². The summed E-state index contributed by atoms with van der Waals surface area (Å²) in [7, 11) is 0. The number of hydrogen-bond donors (Lipinski definition) is 2. The summed E-state index contributed by atoms with van der Waals surface area (Å²) in [6, 6.07) is 18.3. The molecule has 2 aromatic carbocycles. The third kappa shape index (κ3) is 7.39. The summed E-state index contributed by atoms with van der Waals surface area (Å²) in [5.74, 6) is 0.478. The van der Waals surface area contributed by atoms with E-state index in [1.807, 2.05) is 36.4 Å². The first-order valence-electron chi connectivity index (χ1n) is 6.98. The van der Waals surface area contributed by atoms with Crippen molar-refractivity contribution in [3.8, 4) is 11.5 Å². The van der Waals surface area contributed by atoms with Gasteiger partial charge in [-0.2, -0.15) is 0 Å². The molecule has 0 aliphatic carbocycles. The second-order valence-corrected chi connectivity index (χ2v) is 4.70. The fourth-order valence-corrected chi connectivity index (χ4v) is 2.18. The van der Waals surface area contributed by atoms with E-state index in [0.29, 0.717) is 30.8 Å². The summed E-state index contributed by atoms with van der Waals surface area (Å²) in [6.07, 6.45) is 3.34. The van der Waals surface area contributed by atoms with Crippen molar-refractivity contribution >= 4 is 59.0 Å². The molecule has 144 valence electrons. The molecule has 2 N–H and O–H groups in total. The van der Waals surface area contributed by atoms with E-state index in [9.17, 15) is 10.2 Å². The fraction of sp³-hybridized carbons (Fsp3) is 0. The predicted molar refractivity (Wildman–Crippen MR) is 109 cm³/mol. The molecular formula is C18H17Cl3MoN2O3. The van der Waals surface area contributed by atoms with Crippen LogP contribution >= 0.6 is 37.2 Å². The molecule has 0 saturated carbocycles. The molecule has 0 bridgehead atoms. The summed E-state index contributed by atoms with van der Waals surface area (Å²) in [5, 5.41) is 20.5. The zero-order chi connectivity index (χ0) is 17.4. The van der Waals surface area contributed by atoms with E-state index in [0.717, 1.165) is 10.8 Å². The van der Waals surface area contributed by atoms with Crippen molar-refractivity contribution in [2.24, 2.45) is 0 Å². The average Bonchev–Trinajstić information content (AvgIpc) is 2.65. The SMILES string of the molecule is Cl.Cl.Cl.Oc1cccc2cccnc12.Oc1cccc2cccnc12.[O]=[Mo]. The molecule has 0 unspecified atom stereocenters. The molecule has 0 atom stereocenters. The molecule has 0 aliphatic heterocycles. The molecule has 4 aromatic rings. The monoisotopic (exact) mass is 512 g/mol. The Bertz CT molecular complexity index is 873. The molecule has 9 heteroatoms. The van der Waals surface area contributed by atoms with Gasteiger partial charge in [0, 0.05) is 23.2 Å². The molecule has 2 aromatic heterocycles. The minimum atomic E-state index is 0. The first-order chi connectivity index (χ1) is 11.8. The maximum absolute atomic E-state index is 9.31. The van der Waals surface area contributed by atoms with Gasteiger partial charge in [0.1, 0.15) is 22.5 Å². The number of aromatic nitrogens is 2. The van der Waals surface area contributed by atoms with Crippen molar-refractivity contribution in [3.05, 3.63) is 73.1 Å². The molecule has 4 rings (SSSR count). The third-order valence-electron chi connectivity index (χ3n) is 3.22. The van der Waals surface area contributed by atoms with Gasteiger partial charge in [-0.05, 0) is 24.3 Å². The number of phenols is 2. The number of para-hydroxylation sites is 2.